The van der Waals surface area contributed by atoms with Gasteiger partial charge in [-0.05, 0) is 42.4 Å². The summed E-state index contributed by atoms with van der Waals surface area (Å²) in [6.45, 7) is 6.20. The van der Waals surface area contributed by atoms with E-state index in [1.165, 1.54) is 24.3 Å². The van der Waals surface area contributed by atoms with Crippen LogP contribution in [0.1, 0.15) is 31.1 Å². The third-order valence-electron chi connectivity index (χ3n) is 3.32. The first-order valence-electron chi connectivity index (χ1n) is 6.05. The van der Waals surface area contributed by atoms with Gasteiger partial charge in [0.05, 0.1) is 5.56 Å². The highest BCUT2D eigenvalue weighted by Gasteiger charge is 2.33. The van der Waals surface area contributed by atoms with Crippen molar-refractivity contribution in [2.75, 3.05) is 0 Å². The molecule has 0 saturated carbocycles. The minimum atomic E-state index is -1.92. The average Bonchev–Trinajstić information content (AvgIpc) is 2.37. The second-order valence-electron chi connectivity index (χ2n) is 4.14. The lowest BCUT2D eigenvalue weighted by atomic mass is 10.2. The van der Waals surface area contributed by atoms with Crippen LogP contribution in [0.2, 0.25) is 18.1 Å². The lowest BCUT2D eigenvalue weighted by Crippen LogP contribution is -2.38. The number of rotatable bonds is 5. The maximum Gasteiger partial charge on any atom is 0.324 e. The van der Waals surface area contributed by atoms with Crippen molar-refractivity contribution in [1.82, 2.24) is 0 Å². The Kier molecular flexibility index (Phi) is 4.87. The van der Waals surface area contributed by atoms with Gasteiger partial charge >= 0.3 is 5.97 Å². The van der Waals surface area contributed by atoms with Crippen LogP contribution in [0, 0.1) is 5.82 Å². The third-order valence-corrected chi connectivity index (χ3v) is 7.81. The first kappa shape index (κ1) is 13.9. The first-order chi connectivity index (χ1) is 8.06. The van der Waals surface area contributed by atoms with Crippen molar-refractivity contribution in [3.8, 4) is 0 Å². The zero-order valence-electron chi connectivity index (χ0n) is 10.6. The number of halogens is 1. The monoisotopic (exact) mass is 254 g/mol. The highest BCUT2D eigenvalue weighted by atomic mass is 28.4. The molecule has 0 fully saturated rings. The molecule has 0 spiro atoms. The van der Waals surface area contributed by atoms with Crippen LogP contribution in [0.3, 0.4) is 0 Å². The van der Waals surface area contributed by atoms with Crippen molar-refractivity contribution in [1.29, 1.82) is 0 Å². The van der Waals surface area contributed by atoms with E-state index in [-0.39, 0.29) is 11.8 Å². The van der Waals surface area contributed by atoms with E-state index in [0.29, 0.717) is 5.56 Å². The quantitative estimate of drug-likeness (QED) is 0.743. The molecule has 0 bridgehead atoms. The second-order valence-corrected chi connectivity index (χ2v) is 8.83. The van der Waals surface area contributed by atoms with Gasteiger partial charge in [-0.25, -0.2) is 9.18 Å². The minimum Gasteiger partial charge on any atom is -0.516 e. The van der Waals surface area contributed by atoms with E-state index in [2.05, 4.69) is 20.8 Å². The summed E-state index contributed by atoms with van der Waals surface area (Å²) in [5.41, 5.74) is 0.429. The highest BCUT2D eigenvalue weighted by Crippen LogP contribution is 2.23. The Balaban J connectivity index is 2.81. The summed E-state index contributed by atoms with van der Waals surface area (Å²) >= 11 is 0. The third kappa shape index (κ3) is 3.39. The van der Waals surface area contributed by atoms with E-state index < -0.39 is 8.32 Å². The smallest absolute Gasteiger partial charge is 0.324 e. The van der Waals surface area contributed by atoms with Crippen LogP contribution in [0.4, 0.5) is 4.39 Å². The zero-order valence-corrected chi connectivity index (χ0v) is 11.6. The lowest BCUT2D eigenvalue weighted by molar-refractivity contribution is 0.0717. The Hall–Kier alpha value is -1.16. The van der Waals surface area contributed by atoms with Gasteiger partial charge in [-0.1, -0.05) is 20.8 Å². The fourth-order valence-corrected chi connectivity index (χ4v) is 4.25. The molecule has 0 amide bonds. The largest absolute Gasteiger partial charge is 0.516 e. The maximum absolute atomic E-state index is 12.7. The Labute approximate surface area is 103 Å². The molecule has 2 nitrogen and oxygen atoms in total. The van der Waals surface area contributed by atoms with Crippen molar-refractivity contribution in [2.45, 2.75) is 38.9 Å². The summed E-state index contributed by atoms with van der Waals surface area (Å²) in [5, 5.41) is 0. The van der Waals surface area contributed by atoms with Crippen molar-refractivity contribution < 1.29 is 13.6 Å². The molecule has 0 aliphatic heterocycles. The van der Waals surface area contributed by atoms with Crippen LogP contribution in [-0.2, 0) is 4.43 Å². The maximum atomic E-state index is 12.7. The second kappa shape index (κ2) is 5.96. The summed E-state index contributed by atoms with van der Waals surface area (Å²) in [6, 6.07) is 8.27. The van der Waals surface area contributed by atoms with Gasteiger partial charge < -0.3 is 4.43 Å². The molecule has 94 valence electrons. The van der Waals surface area contributed by atoms with Crippen molar-refractivity contribution in [3.05, 3.63) is 35.6 Å². The molecule has 0 aliphatic rings. The topological polar surface area (TPSA) is 26.3 Å². The van der Waals surface area contributed by atoms with Gasteiger partial charge in [0, 0.05) is 0 Å². The lowest BCUT2D eigenvalue weighted by Gasteiger charge is -2.27. The molecule has 1 aromatic carbocycles. The van der Waals surface area contributed by atoms with Crippen molar-refractivity contribution >= 4 is 14.3 Å². The molecule has 17 heavy (non-hydrogen) atoms. The van der Waals surface area contributed by atoms with Crippen LogP contribution in [0.15, 0.2) is 24.3 Å². The Morgan fingerprint density at radius 1 is 1.12 bits per heavy atom. The van der Waals surface area contributed by atoms with E-state index in [4.69, 9.17) is 4.43 Å². The summed E-state index contributed by atoms with van der Waals surface area (Å²) in [7, 11) is -1.92. The predicted molar refractivity (Wildman–Crippen MR) is 69.0 cm³/mol. The fourth-order valence-electron chi connectivity index (χ4n) is 1.81. The molecule has 0 aliphatic carbocycles. The van der Waals surface area contributed by atoms with E-state index in [1.807, 2.05) is 0 Å². The molecule has 1 rings (SSSR count). The minimum absolute atomic E-state index is 0.317. The number of hydrogen-bond donors (Lipinski definition) is 0. The molecule has 0 saturated heterocycles. The summed E-state index contributed by atoms with van der Waals surface area (Å²) in [4.78, 5) is 11.9. The van der Waals surface area contributed by atoms with Crippen LogP contribution in [0.25, 0.3) is 0 Å². The van der Waals surface area contributed by atoms with E-state index in [9.17, 15) is 9.18 Å². The van der Waals surface area contributed by atoms with Crippen LogP contribution in [-0.4, -0.2) is 14.3 Å². The van der Waals surface area contributed by atoms with E-state index in [1.54, 1.807) is 0 Å². The van der Waals surface area contributed by atoms with Gasteiger partial charge in [0.15, 0.2) is 0 Å². The number of benzene rings is 1. The number of carbonyl (C=O) groups excluding carboxylic acids is 1. The molecular weight excluding hydrogens is 235 g/mol. The molecule has 4 heteroatoms. The predicted octanol–water partition coefficient (Wildman–Crippen LogP) is 3.99. The Morgan fingerprint density at radius 3 is 2.00 bits per heavy atom. The number of hydrogen-bond acceptors (Lipinski definition) is 2. The Bertz CT molecular complexity index is 363. The van der Waals surface area contributed by atoms with Crippen LogP contribution in [0.5, 0.6) is 0 Å². The van der Waals surface area contributed by atoms with E-state index >= 15 is 0 Å². The highest BCUT2D eigenvalue weighted by molar-refractivity contribution is 6.75. The molecule has 0 N–H and O–H groups in total. The fraction of sp³-hybridized carbons (Fsp3) is 0.462. The van der Waals surface area contributed by atoms with Crippen LogP contribution >= 0.6 is 0 Å². The summed E-state index contributed by atoms with van der Waals surface area (Å²) < 4.78 is 18.4. The average molecular weight is 254 g/mol. The molecule has 0 aromatic heterocycles. The van der Waals surface area contributed by atoms with Crippen LogP contribution < -0.4 is 0 Å². The number of carbonyl (C=O) groups is 1. The van der Waals surface area contributed by atoms with Gasteiger partial charge in [0.2, 0.25) is 0 Å². The normalized spacial score (nSPS) is 11.3. The summed E-state index contributed by atoms with van der Waals surface area (Å²) in [5.74, 6) is -0.659. The van der Waals surface area contributed by atoms with Gasteiger partial charge in [0.1, 0.15) is 5.82 Å². The molecule has 1 aromatic rings. The molecular formula is C13H19FO2Si. The first-order valence-corrected chi connectivity index (χ1v) is 8.58. The zero-order chi connectivity index (χ0) is 12.9. The molecule has 0 unspecified atom stereocenters. The summed E-state index contributed by atoms with van der Waals surface area (Å²) in [6.07, 6.45) is 0. The van der Waals surface area contributed by atoms with Gasteiger partial charge in [-0.3, -0.25) is 0 Å². The molecule has 0 atom stereocenters. The van der Waals surface area contributed by atoms with Gasteiger partial charge in [-0.2, -0.15) is 0 Å². The molecule has 0 radical (unpaired) electrons. The van der Waals surface area contributed by atoms with Crippen molar-refractivity contribution in [3.63, 3.8) is 0 Å². The standard InChI is InChI=1S/C13H19FO2Si/c1-4-17(5-2,6-3)16-13(15)11-7-9-12(14)10-8-11/h7-10H,4-6H2,1-3H3. The molecule has 0 heterocycles. The van der Waals surface area contributed by atoms with Crippen molar-refractivity contribution in [2.24, 2.45) is 0 Å². The van der Waals surface area contributed by atoms with E-state index in [0.717, 1.165) is 18.1 Å². The SMILES string of the molecule is CC[Si](CC)(CC)OC(=O)c1ccc(F)cc1. The van der Waals surface area contributed by atoms with Gasteiger partial charge in [-0.15, -0.1) is 0 Å². The Morgan fingerprint density at radius 2 is 1.59 bits per heavy atom. The van der Waals surface area contributed by atoms with Gasteiger partial charge in [0.25, 0.3) is 8.32 Å².